The number of nitrogens with one attached hydrogen (secondary N) is 1. The zero-order chi connectivity index (χ0) is 19.2. The predicted octanol–water partition coefficient (Wildman–Crippen LogP) is 4.24. The van der Waals surface area contributed by atoms with Crippen molar-refractivity contribution >= 4 is 0 Å². The average molecular weight is 381 g/mol. The van der Waals surface area contributed by atoms with Crippen LogP contribution in [0, 0.1) is 5.92 Å². The third-order valence-corrected chi connectivity index (χ3v) is 5.69. The lowest BCUT2D eigenvalue weighted by atomic mass is 10.1. The lowest BCUT2D eigenvalue weighted by Crippen LogP contribution is -2.27. The zero-order valence-corrected chi connectivity index (χ0v) is 16.9. The quantitative estimate of drug-likeness (QED) is 0.668. The van der Waals surface area contributed by atoms with Crippen molar-refractivity contribution in [1.29, 1.82) is 0 Å². The minimum atomic E-state index is 0.553. The molecule has 1 unspecified atom stereocenters. The first-order valence-electron chi connectivity index (χ1n) is 10.7. The van der Waals surface area contributed by atoms with Crippen molar-refractivity contribution in [3.8, 4) is 11.5 Å². The summed E-state index contributed by atoms with van der Waals surface area (Å²) >= 11 is 0. The molecule has 4 rings (SSSR count). The molecule has 28 heavy (non-hydrogen) atoms. The van der Waals surface area contributed by atoms with E-state index in [2.05, 4.69) is 34.5 Å². The summed E-state index contributed by atoms with van der Waals surface area (Å²) in [7, 11) is 0. The highest BCUT2D eigenvalue weighted by atomic mass is 16.5. The number of nitrogens with zero attached hydrogens (tertiary/aromatic N) is 1. The molecule has 2 aromatic rings. The third-order valence-electron chi connectivity index (χ3n) is 5.69. The molecular formula is C24H32N2O2. The van der Waals surface area contributed by atoms with Crippen LogP contribution in [0.2, 0.25) is 0 Å². The van der Waals surface area contributed by atoms with Gasteiger partial charge in [-0.15, -0.1) is 0 Å². The molecule has 0 spiro atoms. The Kier molecular flexibility index (Phi) is 6.50. The first kappa shape index (κ1) is 19.3. The summed E-state index contributed by atoms with van der Waals surface area (Å²) in [4.78, 5) is 2.68. The molecule has 2 aliphatic rings. The lowest BCUT2D eigenvalue weighted by molar-refractivity contribution is 0.269. The predicted molar refractivity (Wildman–Crippen MR) is 113 cm³/mol. The van der Waals surface area contributed by atoms with Gasteiger partial charge in [-0.25, -0.2) is 0 Å². The second kappa shape index (κ2) is 9.44. The van der Waals surface area contributed by atoms with Crippen LogP contribution >= 0.6 is 0 Å². The Morgan fingerprint density at radius 2 is 1.82 bits per heavy atom. The van der Waals surface area contributed by atoms with E-state index in [9.17, 15) is 0 Å². The van der Waals surface area contributed by atoms with Crippen LogP contribution in [-0.4, -0.2) is 37.2 Å². The van der Waals surface area contributed by atoms with Gasteiger partial charge in [0.25, 0.3) is 0 Å². The highest BCUT2D eigenvalue weighted by Gasteiger charge is 2.33. The van der Waals surface area contributed by atoms with Crippen molar-refractivity contribution in [2.24, 2.45) is 5.92 Å². The summed E-state index contributed by atoms with van der Waals surface area (Å²) in [6.45, 7) is 7.73. The van der Waals surface area contributed by atoms with E-state index < -0.39 is 0 Å². The molecule has 0 bridgehead atoms. The van der Waals surface area contributed by atoms with E-state index in [-0.39, 0.29) is 0 Å². The number of likely N-dealkylation sites (tertiary alicyclic amines) is 1. The Morgan fingerprint density at radius 3 is 2.61 bits per heavy atom. The summed E-state index contributed by atoms with van der Waals surface area (Å²) in [6.07, 6.45) is 4.16. The summed E-state index contributed by atoms with van der Waals surface area (Å²) in [5.74, 6) is 2.43. The molecule has 4 heteroatoms. The van der Waals surface area contributed by atoms with Gasteiger partial charge in [-0.3, -0.25) is 0 Å². The molecule has 1 aliphatic heterocycles. The molecule has 1 N–H and O–H groups in total. The maximum Gasteiger partial charge on any atom is 0.161 e. The van der Waals surface area contributed by atoms with Crippen molar-refractivity contribution in [2.45, 2.75) is 45.4 Å². The van der Waals surface area contributed by atoms with Crippen molar-refractivity contribution in [2.75, 3.05) is 26.2 Å². The molecule has 4 nitrogen and oxygen atoms in total. The maximum absolute atomic E-state index is 6.01. The summed E-state index contributed by atoms with van der Waals surface area (Å²) in [6, 6.07) is 17.4. The summed E-state index contributed by atoms with van der Waals surface area (Å²) < 4.78 is 11.8. The van der Waals surface area contributed by atoms with Crippen LogP contribution in [0.5, 0.6) is 11.5 Å². The van der Waals surface area contributed by atoms with Crippen LogP contribution in [-0.2, 0) is 13.2 Å². The van der Waals surface area contributed by atoms with Gasteiger partial charge in [0.15, 0.2) is 11.5 Å². The minimum absolute atomic E-state index is 0.553. The van der Waals surface area contributed by atoms with E-state index in [1.165, 1.54) is 37.9 Å². The fourth-order valence-corrected chi connectivity index (χ4v) is 4.01. The highest BCUT2D eigenvalue weighted by Crippen LogP contribution is 2.32. The van der Waals surface area contributed by atoms with E-state index in [4.69, 9.17) is 9.47 Å². The van der Waals surface area contributed by atoms with E-state index in [1.54, 1.807) is 0 Å². The van der Waals surface area contributed by atoms with Gasteiger partial charge in [-0.1, -0.05) is 36.4 Å². The van der Waals surface area contributed by atoms with Gasteiger partial charge < -0.3 is 19.7 Å². The Hall–Kier alpha value is -2.04. The highest BCUT2D eigenvalue weighted by molar-refractivity contribution is 5.43. The topological polar surface area (TPSA) is 33.7 Å². The van der Waals surface area contributed by atoms with Gasteiger partial charge in [0.2, 0.25) is 0 Å². The standard InChI is InChI=1S/C24H32N2O2/c1-2-27-24-14-20(8-11-23(24)28-18-19-6-4-3-5-7-19)15-25-16-21-12-13-26(17-21)22-9-10-22/h3-8,11,14,21-22,25H,2,9-10,12-13,15-18H2,1H3. The average Bonchev–Trinajstić information content (AvgIpc) is 3.47. The Bertz CT molecular complexity index is 746. The van der Waals surface area contributed by atoms with Crippen molar-refractivity contribution in [1.82, 2.24) is 10.2 Å². The number of benzene rings is 2. The number of hydrogen-bond acceptors (Lipinski definition) is 4. The van der Waals surface area contributed by atoms with Gasteiger partial charge >= 0.3 is 0 Å². The van der Waals surface area contributed by atoms with E-state index in [1.807, 2.05) is 31.2 Å². The lowest BCUT2D eigenvalue weighted by Gasteiger charge is -2.16. The van der Waals surface area contributed by atoms with Gasteiger partial charge in [0.1, 0.15) is 6.61 Å². The van der Waals surface area contributed by atoms with E-state index in [0.717, 1.165) is 42.1 Å². The molecule has 1 saturated carbocycles. The van der Waals surface area contributed by atoms with Gasteiger partial charge in [-0.05, 0) is 68.5 Å². The van der Waals surface area contributed by atoms with Crippen molar-refractivity contribution in [3.63, 3.8) is 0 Å². The molecule has 0 radical (unpaired) electrons. The monoisotopic (exact) mass is 380 g/mol. The van der Waals surface area contributed by atoms with Crippen LogP contribution in [0.3, 0.4) is 0 Å². The SMILES string of the molecule is CCOc1cc(CNCC2CCN(C3CC3)C2)ccc1OCc1ccccc1. The molecule has 0 aromatic heterocycles. The molecule has 1 saturated heterocycles. The number of hydrogen-bond donors (Lipinski definition) is 1. The van der Waals surface area contributed by atoms with Crippen LogP contribution in [0.1, 0.15) is 37.3 Å². The molecular weight excluding hydrogens is 348 g/mol. The second-order valence-electron chi connectivity index (χ2n) is 8.00. The van der Waals surface area contributed by atoms with E-state index in [0.29, 0.717) is 13.2 Å². The first-order valence-corrected chi connectivity index (χ1v) is 10.7. The van der Waals surface area contributed by atoms with Gasteiger partial charge in [0.05, 0.1) is 6.61 Å². The molecule has 150 valence electrons. The number of rotatable bonds is 10. The van der Waals surface area contributed by atoms with Crippen molar-refractivity contribution < 1.29 is 9.47 Å². The fraction of sp³-hybridized carbons (Fsp3) is 0.500. The van der Waals surface area contributed by atoms with Crippen LogP contribution in [0.25, 0.3) is 0 Å². The Morgan fingerprint density at radius 1 is 0.964 bits per heavy atom. The van der Waals surface area contributed by atoms with Crippen LogP contribution < -0.4 is 14.8 Å². The summed E-state index contributed by atoms with van der Waals surface area (Å²) in [5, 5.41) is 3.65. The normalized spacial score (nSPS) is 19.7. The second-order valence-corrected chi connectivity index (χ2v) is 8.00. The molecule has 2 fully saturated rings. The first-order chi connectivity index (χ1) is 13.8. The minimum Gasteiger partial charge on any atom is -0.490 e. The largest absolute Gasteiger partial charge is 0.490 e. The molecule has 1 heterocycles. The molecule has 1 aliphatic carbocycles. The summed E-state index contributed by atoms with van der Waals surface area (Å²) in [5.41, 5.74) is 2.40. The Balaban J connectivity index is 1.28. The smallest absolute Gasteiger partial charge is 0.161 e. The van der Waals surface area contributed by atoms with Crippen LogP contribution in [0.15, 0.2) is 48.5 Å². The van der Waals surface area contributed by atoms with Gasteiger partial charge in [-0.2, -0.15) is 0 Å². The zero-order valence-electron chi connectivity index (χ0n) is 16.9. The molecule has 1 atom stereocenters. The number of ether oxygens (including phenoxy) is 2. The van der Waals surface area contributed by atoms with Gasteiger partial charge in [0, 0.05) is 19.1 Å². The molecule has 2 aromatic carbocycles. The van der Waals surface area contributed by atoms with E-state index >= 15 is 0 Å². The Labute approximate surface area is 168 Å². The fourth-order valence-electron chi connectivity index (χ4n) is 4.01. The maximum atomic E-state index is 6.01. The van der Waals surface area contributed by atoms with Crippen LogP contribution in [0.4, 0.5) is 0 Å². The molecule has 0 amide bonds. The van der Waals surface area contributed by atoms with Crippen molar-refractivity contribution in [3.05, 3.63) is 59.7 Å². The third kappa shape index (κ3) is 5.27.